The number of anilines is 2. The van der Waals surface area contributed by atoms with Crippen molar-refractivity contribution in [3.63, 3.8) is 0 Å². The number of aliphatic hydroxyl groups excluding tert-OH is 1. The third kappa shape index (κ3) is 4.07. The van der Waals surface area contributed by atoms with Crippen LogP contribution in [0, 0.1) is 0 Å². The number of benzene rings is 2. The minimum atomic E-state index is -0.220. The molecule has 0 aromatic heterocycles. The first-order valence-corrected chi connectivity index (χ1v) is 7.07. The molecule has 0 bridgehead atoms. The second kappa shape index (κ2) is 7.45. The van der Waals surface area contributed by atoms with E-state index in [1.165, 1.54) is 0 Å². The molecule has 0 fully saturated rings. The van der Waals surface area contributed by atoms with Crippen molar-refractivity contribution >= 4 is 17.3 Å². The summed E-state index contributed by atoms with van der Waals surface area (Å²) in [7, 11) is 0. The molecule has 3 N–H and O–H groups in total. The van der Waals surface area contributed by atoms with Crippen LogP contribution < -0.4 is 10.6 Å². The van der Waals surface area contributed by atoms with Crippen LogP contribution in [-0.2, 0) is 0 Å². The zero-order valence-electron chi connectivity index (χ0n) is 12.0. The first kappa shape index (κ1) is 15.1. The van der Waals surface area contributed by atoms with Gasteiger partial charge in [-0.3, -0.25) is 4.79 Å². The second-order valence-electron chi connectivity index (χ2n) is 4.80. The highest BCUT2D eigenvalue weighted by Crippen LogP contribution is 2.20. The maximum absolute atomic E-state index is 12.3. The van der Waals surface area contributed by atoms with E-state index in [2.05, 4.69) is 10.6 Å². The fraction of sp³-hybridized carbons (Fsp3) is 0.235. The molecule has 0 radical (unpaired) electrons. The van der Waals surface area contributed by atoms with E-state index < -0.39 is 0 Å². The Hall–Kier alpha value is -2.33. The number of nitrogens with one attached hydrogen (secondary N) is 2. The summed E-state index contributed by atoms with van der Waals surface area (Å²) in [6.07, 6.45) is 0.691. The zero-order chi connectivity index (χ0) is 15.1. The van der Waals surface area contributed by atoms with Crippen LogP contribution in [0.1, 0.15) is 23.7 Å². The number of carbonyl (C=O) groups excluding carboxylic acids is 1. The van der Waals surface area contributed by atoms with Gasteiger partial charge in [-0.05, 0) is 30.7 Å². The van der Waals surface area contributed by atoms with Crippen LogP contribution >= 0.6 is 0 Å². The SMILES string of the molecule is CCC(CO)NC(=O)c1ccccc1Nc1ccccc1. The zero-order valence-corrected chi connectivity index (χ0v) is 12.0. The molecule has 4 nitrogen and oxygen atoms in total. The number of para-hydroxylation sites is 2. The summed E-state index contributed by atoms with van der Waals surface area (Å²) >= 11 is 0. The summed E-state index contributed by atoms with van der Waals surface area (Å²) in [6.45, 7) is 1.87. The Bertz CT molecular complexity index is 580. The second-order valence-corrected chi connectivity index (χ2v) is 4.80. The maximum Gasteiger partial charge on any atom is 0.253 e. The number of amides is 1. The molecule has 1 unspecified atom stereocenters. The van der Waals surface area contributed by atoms with Crippen molar-refractivity contribution in [3.05, 3.63) is 60.2 Å². The predicted molar refractivity (Wildman–Crippen MR) is 84.8 cm³/mol. The lowest BCUT2D eigenvalue weighted by Gasteiger charge is -2.16. The van der Waals surface area contributed by atoms with Gasteiger partial charge in [0, 0.05) is 5.69 Å². The summed E-state index contributed by atoms with van der Waals surface area (Å²) in [5, 5.41) is 15.3. The van der Waals surface area contributed by atoms with E-state index in [0.29, 0.717) is 12.0 Å². The average molecular weight is 284 g/mol. The Morgan fingerprint density at radius 2 is 1.76 bits per heavy atom. The van der Waals surface area contributed by atoms with E-state index in [-0.39, 0.29) is 18.6 Å². The lowest BCUT2D eigenvalue weighted by Crippen LogP contribution is -2.37. The highest BCUT2D eigenvalue weighted by atomic mass is 16.3. The van der Waals surface area contributed by atoms with Gasteiger partial charge in [-0.2, -0.15) is 0 Å². The standard InChI is InChI=1S/C17H20N2O2/c1-2-13(12-20)19-17(21)15-10-6-7-11-16(15)18-14-8-4-3-5-9-14/h3-11,13,18,20H,2,12H2,1H3,(H,19,21). The first-order valence-electron chi connectivity index (χ1n) is 7.07. The van der Waals surface area contributed by atoms with E-state index in [9.17, 15) is 9.90 Å². The van der Waals surface area contributed by atoms with Crippen LogP contribution in [0.15, 0.2) is 54.6 Å². The molecule has 0 saturated carbocycles. The fourth-order valence-electron chi connectivity index (χ4n) is 2.01. The van der Waals surface area contributed by atoms with E-state index in [1.54, 1.807) is 6.07 Å². The molecule has 1 atom stereocenters. The first-order chi connectivity index (χ1) is 10.2. The molecule has 0 aliphatic rings. The van der Waals surface area contributed by atoms with Crippen molar-refractivity contribution in [1.29, 1.82) is 0 Å². The van der Waals surface area contributed by atoms with Crippen molar-refractivity contribution in [2.45, 2.75) is 19.4 Å². The Morgan fingerprint density at radius 3 is 2.43 bits per heavy atom. The van der Waals surface area contributed by atoms with Gasteiger partial charge >= 0.3 is 0 Å². The number of rotatable bonds is 6. The lowest BCUT2D eigenvalue weighted by atomic mass is 10.1. The van der Waals surface area contributed by atoms with Crippen molar-refractivity contribution in [2.24, 2.45) is 0 Å². The van der Waals surface area contributed by atoms with Crippen molar-refractivity contribution in [1.82, 2.24) is 5.32 Å². The molecule has 1 amide bonds. The van der Waals surface area contributed by atoms with Gasteiger partial charge in [-0.25, -0.2) is 0 Å². The fourth-order valence-corrected chi connectivity index (χ4v) is 2.01. The smallest absolute Gasteiger partial charge is 0.253 e. The van der Waals surface area contributed by atoms with Gasteiger partial charge in [0.15, 0.2) is 0 Å². The molecular weight excluding hydrogens is 264 g/mol. The van der Waals surface area contributed by atoms with Gasteiger partial charge in [-0.15, -0.1) is 0 Å². The normalized spacial score (nSPS) is 11.7. The summed E-state index contributed by atoms with van der Waals surface area (Å²) in [4.78, 5) is 12.3. The summed E-state index contributed by atoms with van der Waals surface area (Å²) in [5.41, 5.74) is 2.23. The van der Waals surface area contributed by atoms with Crippen molar-refractivity contribution in [2.75, 3.05) is 11.9 Å². The molecule has 0 heterocycles. The van der Waals surface area contributed by atoms with E-state index in [0.717, 1.165) is 11.4 Å². The molecule has 4 heteroatoms. The van der Waals surface area contributed by atoms with Crippen LogP contribution in [0.4, 0.5) is 11.4 Å². The minimum Gasteiger partial charge on any atom is -0.394 e. The Morgan fingerprint density at radius 1 is 1.10 bits per heavy atom. The summed E-state index contributed by atoms with van der Waals surface area (Å²) < 4.78 is 0. The van der Waals surface area contributed by atoms with E-state index in [4.69, 9.17) is 0 Å². The van der Waals surface area contributed by atoms with Gasteiger partial charge in [-0.1, -0.05) is 37.3 Å². The van der Waals surface area contributed by atoms with Crippen LogP contribution in [-0.4, -0.2) is 23.7 Å². The molecule has 0 aliphatic heterocycles. The molecule has 21 heavy (non-hydrogen) atoms. The number of hydrogen-bond acceptors (Lipinski definition) is 3. The van der Waals surface area contributed by atoms with Gasteiger partial charge in [0.05, 0.1) is 23.9 Å². The number of carbonyl (C=O) groups is 1. The largest absolute Gasteiger partial charge is 0.394 e. The number of aliphatic hydroxyl groups is 1. The summed E-state index contributed by atoms with van der Waals surface area (Å²) in [6, 6.07) is 16.8. The Kier molecular flexibility index (Phi) is 5.35. The molecule has 2 rings (SSSR count). The number of hydrogen-bond donors (Lipinski definition) is 3. The van der Waals surface area contributed by atoms with Crippen LogP contribution in [0.5, 0.6) is 0 Å². The average Bonchev–Trinajstić information content (AvgIpc) is 2.54. The molecule has 0 spiro atoms. The molecular formula is C17H20N2O2. The molecule has 110 valence electrons. The minimum absolute atomic E-state index is 0.0590. The van der Waals surface area contributed by atoms with Crippen molar-refractivity contribution < 1.29 is 9.90 Å². The maximum atomic E-state index is 12.3. The molecule has 2 aromatic rings. The predicted octanol–water partition coefficient (Wildman–Crippen LogP) is 2.93. The highest BCUT2D eigenvalue weighted by Gasteiger charge is 2.14. The topological polar surface area (TPSA) is 61.4 Å². The Labute approximate surface area is 124 Å². The van der Waals surface area contributed by atoms with E-state index >= 15 is 0 Å². The van der Waals surface area contributed by atoms with Crippen LogP contribution in [0.3, 0.4) is 0 Å². The summed E-state index contributed by atoms with van der Waals surface area (Å²) in [5.74, 6) is -0.185. The van der Waals surface area contributed by atoms with Gasteiger partial charge in [0.1, 0.15) is 0 Å². The van der Waals surface area contributed by atoms with Gasteiger partial charge in [0.25, 0.3) is 5.91 Å². The van der Waals surface area contributed by atoms with Crippen molar-refractivity contribution in [3.8, 4) is 0 Å². The van der Waals surface area contributed by atoms with Crippen LogP contribution in [0.2, 0.25) is 0 Å². The van der Waals surface area contributed by atoms with E-state index in [1.807, 2.05) is 55.5 Å². The van der Waals surface area contributed by atoms with Gasteiger partial charge < -0.3 is 15.7 Å². The third-order valence-corrected chi connectivity index (χ3v) is 3.27. The molecule has 0 aliphatic carbocycles. The Balaban J connectivity index is 2.18. The highest BCUT2D eigenvalue weighted by molar-refractivity contribution is 6.00. The van der Waals surface area contributed by atoms with Gasteiger partial charge in [0.2, 0.25) is 0 Å². The lowest BCUT2D eigenvalue weighted by molar-refractivity contribution is 0.0916. The quantitative estimate of drug-likeness (QED) is 0.764. The third-order valence-electron chi connectivity index (χ3n) is 3.27. The molecule has 2 aromatic carbocycles. The molecule has 0 saturated heterocycles. The monoisotopic (exact) mass is 284 g/mol. The van der Waals surface area contributed by atoms with Crippen LogP contribution in [0.25, 0.3) is 0 Å².